The van der Waals surface area contributed by atoms with Crippen molar-refractivity contribution >= 4 is 23.3 Å². The smallest absolute Gasteiger partial charge is 0.364 e. The molecular formula is C15H15ClF3N5O. The van der Waals surface area contributed by atoms with Gasteiger partial charge in [0.2, 0.25) is 0 Å². The molecule has 1 unspecified atom stereocenters. The van der Waals surface area contributed by atoms with Crippen LogP contribution in [0.25, 0.3) is 0 Å². The first-order valence-electron chi connectivity index (χ1n) is 7.58. The Bertz CT molecular complexity index is 792. The Hall–Kier alpha value is -2.29. The lowest BCUT2D eigenvalue weighted by atomic mass is 9.94. The molecule has 0 aliphatic carbocycles. The number of pyridine rings is 1. The highest BCUT2D eigenvalue weighted by Gasteiger charge is 2.32. The zero-order chi connectivity index (χ0) is 18.2. The summed E-state index contributed by atoms with van der Waals surface area (Å²) in [4.78, 5) is 16.9. The summed E-state index contributed by atoms with van der Waals surface area (Å²) >= 11 is 6.02. The van der Waals surface area contributed by atoms with Crippen molar-refractivity contribution in [1.29, 1.82) is 0 Å². The molecule has 1 aliphatic rings. The minimum absolute atomic E-state index is 0.0227. The number of alkyl halides is 3. The Balaban J connectivity index is 1.80. The molecule has 25 heavy (non-hydrogen) atoms. The maximum Gasteiger partial charge on any atom is 0.417 e. The van der Waals surface area contributed by atoms with Crippen LogP contribution in [0.2, 0.25) is 5.02 Å². The summed E-state index contributed by atoms with van der Waals surface area (Å²) in [6.07, 6.45) is -2.06. The summed E-state index contributed by atoms with van der Waals surface area (Å²) in [7, 11) is 0. The average Bonchev–Trinajstić information content (AvgIpc) is 3.04. The molecule has 0 radical (unpaired) electrons. The first-order valence-corrected chi connectivity index (χ1v) is 7.96. The van der Waals surface area contributed by atoms with Crippen LogP contribution in [0.15, 0.2) is 18.3 Å². The third-order valence-electron chi connectivity index (χ3n) is 4.16. The zero-order valence-electron chi connectivity index (χ0n) is 13.0. The second kappa shape index (κ2) is 6.55. The minimum Gasteiger partial charge on any atom is -0.364 e. The Morgan fingerprint density at radius 2 is 2.16 bits per heavy atom. The number of hydrogen-bond acceptors (Lipinski definition) is 4. The number of primary amides is 1. The van der Waals surface area contributed by atoms with E-state index >= 15 is 0 Å². The number of rotatable bonds is 3. The molecular weight excluding hydrogens is 359 g/mol. The van der Waals surface area contributed by atoms with E-state index in [0.29, 0.717) is 18.9 Å². The van der Waals surface area contributed by atoms with Gasteiger partial charge in [0.1, 0.15) is 11.5 Å². The predicted octanol–water partition coefficient (Wildman–Crippen LogP) is 2.96. The van der Waals surface area contributed by atoms with Crippen LogP contribution in [-0.2, 0) is 6.18 Å². The fraction of sp³-hybridized carbons (Fsp3) is 0.400. The van der Waals surface area contributed by atoms with Gasteiger partial charge in [-0.3, -0.25) is 9.89 Å². The molecule has 3 N–H and O–H groups in total. The molecule has 1 amide bonds. The van der Waals surface area contributed by atoms with E-state index in [-0.39, 0.29) is 16.6 Å². The van der Waals surface area contributed by atoms with Gasteiger partial charge in [-0.1, -0.05) is 11.6 Å². The number of H-pyrrole nitrogens is 1. The standard InChI is InChI=1S/C15H15ClF3N5O/c16-10-4-9(15(17,18)19)6-21-14(10)24-3-1-2-8(7-24)11-5-12(13(20)25)23-22-11/h4-6,8H,1-3,7H2,(H2,20,25)(H,22,23). The van der Waals surface area contributed by atoms with Crippen molar-refractivity contribution in [3.8, 4) is 0 Å². The molecule has 0 aromatic carbocycles. The zero-order valence-corrected chi connectivity index (χ0v) is 13.7. The topological polar surface area (TPSA) is 87.9 Å². The van der Waals surface area contributed by atoms with E-state index in [1.54, 1.807) is 6.07 Å². The number of carbonyl (C=O) groups is 1. The number of hydrogen-bond donors (Lipinski definition) is 2. The van der Waals surface area contributed by atoms with Crippen molar-refractivity contribution in [2.45, 2.75) is 24.9 Å². The SMILES string of the molecule is NC(=O)c1cc(C2CCCN(c3ncc(C(F)(F)F)cc3Cl)C2)[nH]n1. The Labute approximate surface area is 146 Å². The molecule has 3 rings (SSSR count). The number of piperidine rings is 1. The molecule has 6 nitrogen and oxygen atoms in total. The second-order valence-electron chi connectivity index (χ2n) is 5.89. The molecule has 1 saturated heterocycles. The highest BCUT2D eigenvalue weighted by Crippen LogP contribution is 2.36. The Morgan fingerprint density at radius 3 is 2.76 bits per heavy atom. The lowest BCUT2D eigenvalue weighted by Gasteiger charge is -2.33. The second-order valence-corrected chi connectivity index (χ2v) is 6.29. The monoisotopic (exact) mass is 373 g/mol. The first kappa shape index (κ1) is 17.5. The fourth-order valence-corrected chi connectivity index (χ4v) is 3.20. The van der Waals surface area contributed by atoms with E-state index in [1.165, 1.54) is 0 Å². The molecule has 2 aromatic rings. The van der Waals surface area contributed by atoms with Crippen molar-refractivity contribution in [3.63, 3.8) is 0 Å². The number of aromatic amines is 1. The van der Waals surface area contributed by atoms with Crippen LogP contribution in [0.3, 0.4) is 0 Å². The third kappa shape index (κ3) is 3.71. The maximum absolute atomic E-state index is 12.7. The summed E-state index contributed by atoms with van der Waals surface area (Å²) in [5.74, 6) is -0.286. The summed E-state index contributed by atoms with van der Waals surface area (Å²) in [5.41, 5.74) is 5.21. The van der Waals surface area contributed by atoms with Gasteiger partial charge < -0.3 is 10.6 Å². The van der Waals surface area contributed by atoms with Crippen LogP contribution in [0.5, 0.6) is 0 Å². The molecule has 134 valence electrons. The first-order chi connectivity index (χ1) is 11.8. The lowest BCUT2D eigenvalue weighted by Crippen LogP contribution is -2.35. The van der Waals surface area contributed by atoms with Gasteiger partial charge in [-0.15, -0.1) is 0 Å². The number of halogens is 4. The molecule has 10 heteroatoms. The highest BCUT2D eigenvalue weighted by atomic mass is 35.5. The van der Waals surface area contributed by atoms with Gasteiger partial charge in [0.15, 0.2) is 0 Å². The van der Waals surface area contributed by atoms with Gasteiger partial charge >= 0.3 is 6.18 Å². The predicted molar refractivity (Wildman–Crippen MR) is 85.5 cm³/mol. The number of aromatic nitrogens is 3. The van der Waals surface area contributed by atoms with Crippen LogP contribution in [0.1, 0.15) is 40.5 Å². The van der Waals surface area contributed by atoms with Crippen LogP contribution in [0.4, 0.5) is 19.0 Å². The van der Waals surface area contributed by atoms with E-state index in [0.717, 1.165) is 30.8 Å². The summed E-state index contributed by atoms with van der Waals surface area (Å²) < 4.78 is 38.2. The minimum atomic E-state index is -4.49. The molecule has 0 saturated carbocycles. The number of amides is 1. The van der Waals surface area contributed by atoms with E-state index in [2.05, 4.69) is 15.2 Å². The fourth-order valence-electron chi connectivity index (χ4n) is 2.91. The maximum atomic E-state index is 12.7. The molecule has 1 aliphatic heterocycles. The van der Waals surface area contributed by atoms with Crippen molar-refractivity contribution in [2.24, 2.45) is 5.73 Å². The number of anilines is 1. The highest BCUT2D eigenvalue weighted by molar-refractivity contribution is 6.33. The number of nitrogens with two attached hydrogens (primary N) is 1. The molecule has 0 spiro atoms. The van der Waals surface area contributed by atoms with Crippen LogP contribution < -0.4 is 10.6 Å². The van der Waals surface area contributed by atoms with Gasteiger partial charge in [-0.2, -0.15) is 18.3 Å². The number of nitrogens with zero attached hydrogens (tertiary/aromatic N) is 3. The number of nitrogens with one attached hydrogen (secondary N) is 1. The summed E-state index contributed by atoms with van der Waals surface area (Å²) in [6, 6.07) is 2.48. The van der Waals surface area contributed by atoms with E-state index in [4.69, 9.17) is 17.3 Å². The molecule has 1 atom stereocenters. The third-order valence-corrected chi connectivity index (χ3v) is 4.44. The van der Waals surface area contributed by atoms with Crippen molar-refractivity contribution < 1.29 is 18.0 Å². The molecule has 0 bridgehead atoms. The van der Waals surface area contributed by atoms with Crippen LogP contribution in [-0.4, -0.2) is 34.2 Å². The van der Waals surface area contributed by atoms with Gasteiger partial charge in [0.05, 0.1) is 10.6 Å². The summed E-state index contributed by atoms with van der Waals surface area (Å²) in [5, 5.41) is 6.61. The molecule has 1 fully saturated rings. The average molecular weight is 374 g/mol. The Kier molecular flexibility index (Phi) is 4.59. The van der Waals surface area contributed by atoms with Crippen LogP contribution >= 0.6 is 11.6 Å². The van der Waals surface area contributed by atoms with Gasteiger partial charge in [-0.25, -0.2) is 4.98 Å². The van der Waals surface area contributed by atoms with E-state index in [9.17, 15) is 18.0 Å². The van der Waals surface area contributed by atoms with Gasteiger partial charge in [0, 0.05) is 30.9 Å². The van der Waals surface area contributed by atoms with Crippen molar-refractivity contribution in [3.05, 3.63) is 40.3 Å². The summed E-state index contributed by atoms with van der Waals surface area (Å²) in [6.45, 7) is 1.13. The number of carbonyl (C=O) groups excluding carboxylic acids is 1. The quantitative estimate of drug-likeness (QED) is 0.865. The molecule has 2 aromatic heterocycles. The lowest BCUT2D eigenvalue weighted by molar-refractivity contribution is -0.137. The van der Waals surface area contributed by atoms with E-state index in [1.807, 2.05) is 4.90 Å². The normalized spacial score (nSPS) is 18.4. The van der Waals surface area contributed by atoms with Crippen molar-refractivity contribution in [2.75, 3.05) is 18.0 Å². The van der Waals surface area contributed by atoms with Crippen LogP contribution in [0, 0.1) is 0 Å². The Morgan fingerprint density at radius 1 is 1.40 bits per heavy atom. The van der Waals surface area contributed by atoms with E-state index < -0.39 is 17.6 Å². The van der Waals surface area contributed by atoms with Crippen molar-refractivity contribution in [1.82, 2.24) is 15.2 Å². The van der Waals surface area contributed by atoms with Gasteiger partial charge in [-0.05, 0) is 25.0 Å². The molecule has 3 heterocycles. The largest absolute Gasteiger partial charge is 0.417 e. The van der Waals surface area contributed by atoms with Gasteiger partial charge in [0.25, 0.3) is 5.91 Å².